The van der Waals surface area contributed by atoms with E-state index in [0.29, 0.717) is 11.1 Å². The van der Waals surface area contributed by atoms with Crippen LogP contribution in [0.1, 0.15) is 19.4 Å². The van der Waals surface area contributed by atoms with Crippen LogP contribution < -0.4 is 10.2 Å². The number of aryl methyl sites for hydroxylation is 1. The molecule has 2 amide bonds. The third-order valence-corrected chi connectivity index (χ3v) is 3.77. The molecule has 1 aliphatic heterocycles. The second-order valence-corrected chi connectivity index (χ2v) is 5.17. The smallest absolute Gasteiger partial charge is 0.281 e. The molecule has 1 aliphatic rings. The Balaban J connectivity index is 2.33. The maximum atomic E-state index is 12.2. The van der Waals surface area contributed by atoms with Crippen molar-refractivity contribution in [2.45, 2.75) is 20.8 Å². The summed E-state index contributed by atoms with van der Waals surface area (Å²) in [6, 6.07) is 5.50. The van der Waals surface area contributed by atoms with Gasteiger partial charge in [0.2, 0.25) is 0 Å². The number of benzene rings is 1. The first kappa shape index (κ1) is 15.8. The van der Waals surface area contributed by atoms with Crippen molar-refractivity contribution < 1.29 is 14.3 Å². The molecule has 6 nitrogen and oxygen atoms in total. The number of amides is 2. The number of ether oxygens (including phenoxy) is 1. The van der Waals surface area contributed by atoms with Gasteiger partial charge < -0.3 is 4.74 Å². The molecule has 0 spiro atoms. The Hall–Kier alpha value is -2.63. The van der Waals surface area contributed by atoms with Gasteiger partial charge in [0.05, 0.1) is 12.8 Å². The molecule has 0 saturated heterocycles. The molecular formula is C16H19N3O3. The zero-order valence-electron chi connectivity index (χ0n) is 13.4. The number of likely N-dealkylation sites (N-methyl/N-ethyl adjacent to an activating group) is 1. The lowest BCUT2D eigenvalue weighted by molar-refractivity contribution is -0.137. The summed E-state index contributed by atoms with van der Waals surface area (Å²) in [5.41, 5.74) is 5.96. The fourth-order valence-electron chi connectivity index (χ4n) is 2.14. The fourth-order valence-corrected chi connectivity index (χ4v) is 2.14. The molecule has 6 heteroatoms. The number of nitrogens with one attached hydrogen (secondary N) is 1. The van der Waals surface area contributed by atoms with Crippen molar-refractivity contribution in [3.8, 4) is 5.75 Å². The quantitative estimate of drug-likeness (QED) is 0.685. The Kier molecular flexibility index (Phi) is 4.30. The average molecular weight is 301 g/mol. The van der Waals surface area contributed by atoms with Gasteiger partial charge in [-0.3, -0.25) is 19.9 Å². The molecule has 0 fully saturated rings. The lowest BCUT2D eigenvalue weighted by atomic mass is 10.00. The van der Waals surface area contributed by atoms with Crippen molar-refractivity contribution in [2.75, 3.05) is 19.6 Å². The summed E-state index contributed by atoms with van der Waals surface area (Å²) in [6.45, 7) is 5.33. The van der Waals surface area contributed by atoms with Gasteiger partial charge in [0, 0.05) is 12.6 Å². The number of nitrogens with zero attached hydrogens (tertiary/aromatic N) is 2. The van der Waals surface area contributed by atoms with Gasteiger partial charge in [0.25, 0.3) is 11.8 Å². The van der Waals surface area contributed by atoms with Gasteiger partial charge in [-0.2, -0.15) is 5.10 Å². The summed E-state index contributed by atoms with van der Waals surface area (Å²) in [5.74, 6) is 0.0514. The molecule has 0 radical (unpaired) electrons. The molecule has 2 rings (SSSR count). The number of anilines is 1. The van der Waals surface area contributed by atoms with Crippen molar-refractivity contribution in [1.29, 1.82) is 0 Å². The number of hydrogen-bond donors (Lipinski definition) is 1. The Bertz CT molecular complexity index is 705. The van der Waals surface area contributed by atoms with Gasteiger partial charge in [0.15, 0.2) is 5.71 Å². The maximum absolute atomic E-state index is 12.2. The molecule has 0 unspecified atom stereocenters. The third kappa shape index (κ3) is 2.72. The third-order valence-electron chi connectivity index (χ3n) is 3.77. The summed E-state index contributed by atoms with van der Waals surface area (Å²) in [7, 11) is 3.06. The zero-order valence-corrected chi connectivity index (χ0v) is 13.4. The topological polar surface area (TPSA) is 71.0 Å². The summed E-state index contributed by atoms with van der Waals surface area (Å²) >= 11 is 0. The van der Waals surface area contributed by atoms with E-state index in [0.717, 1.165) is 21.9 Å². The number of rotatable bonds is 3. The molecule has 1 N–H and O–H groups in total. The molecule has 0 atom stereocenters. The van der Waals surface area contributed by atoms with Crippen LogP contribution in [0, 0.1) is 6.92 Å². The molecular weight excluding hydrogens is 282 g/mol. The second kappa shape index (κ2) is 6.01. The minimum atomic E-state index is -0.410. The Morgan fingerprint density at radius 1 is 1.09 bits per heavy atom. The molecule has 1 aromatic rings. The van der Waals surface area contributed by atoms with E-state index in [9.17, 15) is 9.59 Å². The molecule has 22 heavy (non-hydrogen) atoms. The van der Waals surface area contributed by atoms with Crippen LogP contribution in [0.25, 0.3) is 0 Å². The highest BCUT2D eigenvalue weighted by molar-refractivity contribution is 6.50. The molecule has 1 aromatic carbocycles. The van der Waals surface area contributed by atoms with E-state index >= 15 is 0 Å². The number of carbonyl (C=O) groups excluding carboxylic acids is 2. The van der Waals surface area contributed by atoms with E-state index in [2.05, 4.69) is 10.5 Å². The van der Waals surface area contributed by atoms with Crippen LogP contribution in [0.5, 0.6) is 5.75 Å². The molecule has 0 bridgehead atoms. The van der Waals surface area contributed by atoms with Crippen molar-refractivity contribution in [3.05, 3.63) is 34.9 Å². The second-order valence-electron chi connectivity index (χ2n) is 5.17. The number of hydrazone groups is 1. The average Bonchev–Trinajstić information content (AvgIpc) is 2.52. The minimum absolute atomic E-state index is 0.245. The van der Waals surface area contributed by atoms with Crippen molar-refractivity contribution in [2.24, 2.45) is 5.10 Å². The van der Waals surface area contributed by atoms with E-state index in [4.69, 9.17) is 4.74 Å². The Labute approximate surface area is 129 Å². The Morgan fingerprint density at radius 3 is 2.36 bits per heavy atom. The van der Waals surface area contributed by atoms with Crippen LogP contribution in [0.15, 0.2) is 34.4 Å². The van der Waals surface area contributed by atoms with Crippen LogP contribution in [-0.2, 0) is 9.59 Å². The van der Waals surface area contributed by atoms with Gasteiger partial charge in [-0.05, 0) is 50.1 Å². The SMILES string of the molecule is COc1ccc(N/N=C2\C(=O)N(C)C(=O)C(C)=C2C)c(C)c1. The molecule has 0 aliphatic carbocycles. The largest absolute Gasteiger partial charge is 0.497 e. The lowest BCUT2D eigenvalue weighted by Crippen LogP contribution is -2.44. The first-order chi connectivity index (χ1) is 10.4. The van der Waals surface area contributed by atoms with Crippen molar-refractivity contribution >= 4 is 23.2 Å². The van der Waals surface area contributed by atoms with Crippen LogP contribution >= 0.6 is 0 Å². The lowest BCUT2D eigenvalue weighted by Gasteiger charge is -2.23. The Morgan fingerprint density at radius 2 is 1.77 bits per heavy atom. The summed E-state index contributed by atoms with van der Waals surface area (Å²) in [5, 5.41) is 4.19. The summed E-state index contributed by atoms with van der Waals surface area (Å²) in [6.07, 6.45) is 0. The molecule has 0 aromatic heterocycles. The maximum Gasteiger partial charge on any atom is 0.281 e. The number of carbonyl (C=O) groups is 2. The number of methoxy groups -OCH3 is 1. The molecule has 1 heterocycles. The van der Waals surface area contributed by atoms with Crippen molar-refractivity contribution in [3.63, 3.8) is 0 Å². The van der Waals surface area contributed by atoms with Gasteiger partial charge >= 0.3 is 0 Å². The van der Waals surface area contributed by atoms with Crippen LogP contribution in [-0.4, -0.2) is 36.6 Å². The number of hydrogen-bond acceptors (Lipinski definition) is 5. The van der Waals surface area contributed by atoms with Crippen LogP contribution in [0.2, 0.25) is 0 Å². The van der Waals surface area contributed by atoms with Gasteiger partial charge in [-0.15, -0.1) is 0 Å². The van der Waals surface area contributed by atoms with E-state index in [1.807, 2.05) is 25.1 Å². The summed E-state index contributed by atoms with van der Waals surface area (Å²) < 4.78 is 5.15. The minimum Gasteiger partial charge on any atom is -0.497 e. The van der Waals surface area contributed by atoms with Crippen LogP contribution in [0.3, 0.4) is 0 Å². The first-order valence-corrected chi connectivity index (χ1v) is 6.85. The van der Waals surface area contributed by atoms with E-state index in [1.165, 1.54) is 7.05 Å². The standard InChI is InChI=1S/C16H19N3O3/c1-9-8-12(22-5)6-7-13(9)17-18-14-10(2)11(3)15(20)19(4)16(14)21/h6-8,17H,1-5H3/b18-14-. The monoisotopic (exact) mass is 301 g/mol. The van der Waals surface area contributed by atoms with Gasteiger partial charge in [0.1, 0.15) is 5.75 Å². The van der Waals surface area contributed by atoms with E-state index in [-0.39, 0.29) is 11.6 Å². The summed E-state index contributed by atoms with van der Waals surface area (Å²) in [4.78, 5) is 25.1. The van der Waals surface area contributed by atoms with E-state index < -0.39 is 5.91 Å². The fraction of sp³-hybridized carbons (Fsp3) is 0.312. The predicted molar refractivity (Wildman–Crippen MR) is 84.9 cm³/mol. The molecule has 116 valence electrons. The molecule has 0 saturated carbocycles. The normalized spacial score (nSPS) is 17.3. The highest BCUT2D eigenvalue weighted by atomic mass is 16.5. The van der Waals surface area contributed by atoms with Crippen molar-refractivity contribution in [1.82, 2.24) is 4.90 Å². The predicted octanol–water partition coefficient (Wildman–Crippen LogP) is 2.11. The highest BCUT2D eigenvalue weighted by Crippen LogP contribution is 2.22. The van der Waals surface area contributed by atoms with E-state index in [1.54, 1.807) is 21.0 Å². The highest BCUT2D eigenvalue weighted by Gasteiger charge is 2.31. The number of imide groups is 1. The first-order valence-electron chi connectivity index (χ1n) is 6.85. The van der Waals surface area contributed by atoms with Gasteiger partial charge in [-0.1, -0.05) is 0 Å². The van der Waals surface area contributed by atoms with Crippen LogP contribution in [0.4, 0.5) is 5.69 Å². The van der Waals surface area contributed by atoms with Gasteiger partial charge in [-0.25, -0.2) is 0 Å². The zero-order chi connectivity index (χ0) is 16.4.